The number of alkyl halides is 1. The average Bonchev–Trinajstić information content (AvgIpc) is 2.82. The molecule has 2 rings (SSSR count). The van der Waals surface area contributed by atoms with E-state index in [1.165, 1.54) is 38.5 Å². The quantitative estimate of drug-likeness (QED) is 0.488. The molecule has 1 aliphatic carbocycles. The lowest BCUT2D eigenvalue weighted by atomic mass is 9.83. The van der Waals surface area contributed by atoms with Crippen molar-refractivity contribution in [1.29, 1.82) is 0 Å². The maximum atomic E-state index is 6.03. The minimum Gasteiger partial charge on any atom is -0.373 e. The Labute approximate surface area is 79.4 Å². The second-order valence-electron chi connectivity index (χ2n) is 4.33. The fourth-order valence-electron chi connectivity index (χ4n) is 2.28. The van der Waals surface area contributed by atoms with E-state index >= 15 is 0 Å². The van der Waals surface area contributed by atoms with Gasteiger partial charge in [0.05, 0.1) is 12.7 Å². The predicted molar refractivity (Wildman–Crippen MR) is 50.6 cm³/mol. The topological polar surface area (TPSA) is 12.5 Å². The van der Waals surface area contributed by atoms with Crippen molar-refractivity contribution in [2.45, 2.75) is 44.6 Å². The second-order valence-corrected chi connectivity index (χ2v) is 4.60. The van der Waals surface area contributed by atoms with Gasteiger partial charge in [0, 0.05) is 5.88 Å². The summed E-state index contributed by atoms with van der Waals surface area (Å²) in [6, 6.07) is 0. The monoisotopic (exact) mass is 188 g/mol. The van der Waals surface area contributed by atoms with Gasteiger partial charge >= 0.3 is 0 Å². The van der Waals surface area contributed by atoms with Gasteiger partial charge < -0.3 is 4.74 Å². The van der Waals surface area contributed by atoms with E-state index in [2.05, 4.69) is 0 Å². The first kappa shape index (κ1) is 8.83. The van der Waals surface area contributed by atoms with Gasteiger partial charge in [0.25, 0.3) is 0 Å². The van der Waals surface area contributed by atoms with Crippen LogP contribution in [0.3, 0.4) is 0 Å². The summed E-state index contributed by atoms with van der Waals surface area (Å²) in [6.07, 6.45) is 8.60. The Morgan fingerprint density at radius 1 is 1.33 bits per heavy atom. The zero-order chi connectivity index (χ0) is 8.44. The first-order valence-corrected chi connectivity index (χ1v) is 5.56. The Hall–Kier alpha value is 0.250. The van der Waals surface area contributed by atoms with E-state index in [9.17, 15) is 0 Å². The molecule has 1 saturated carbocycles. The fourth-order valence-corrected chi connectivity index (χ4v) is 2.68. The van der Waals surface area contributed by atoms with E-state index in [0.29, 0.717) is 11.5 Å². The number of ether oxygens (including phenoxy) is 1. The molecule has 1 aliphatic heterocycles. The van der Waals surface area contributed by atoms with Crippen LogP contribution in [0.5, 0.6) is 0 Å². The van der Waals surface area contributed by atoms with Gasteiger partial charge in [-0.3, -0.25) is 0 Å². The van der Waals surface area contributed by atoms with Gasteiger partial charge in [-0.2, -0.15) is 0 Å². The van der Waals surface area contributed by atoms with Gasteiger partial charge in [-0.25, -0.2) is 0 Å². The lowest BCUT2D eigenvalue weighted by molar-refractivity contribution is 0.281. The van der Waals surface area contributed by atoms with Crippen LogP contribution in [0.15, 0.2) is 0 Å². The molecule has 1 saturated heterocycles. The third-order valence-corrected chi connectivity index (χ3v) is 3.91. The van der Waals surface area contributed by atoms with Gasteiger partial charge in [0.1, 0.15) is 0 Å². The van der Waals surface area contributed by atoms with Gasteiger partial charge in [-0.1, -0.05) is 12.8 Å². The highest BCUT2D eigenvalue weighted by molar-refractivity contribution is 6.18. The molecule has 0 bridgehead atoms. The standard InChI is InChI=1S/C10H17ClO/c11-8-10(4-1-2-5-10)6-3-9-7-12-9/h9H,1-8H2. The molecule has 12 heavy (non-hydrogen) atoms. The highest BCUT2D eigenvalue weighted by Crippen LogP contribution is 2.43. The Kier molecular flexibility index (Phi) is 2.61. The van der Waals surface area contributed by atoms with Crippen LogP contribution in [0.4, 0.5) is 0 Å². The lowest BCUT2D eigenvalue weighted by Gasteiger charge is -2.25. The van der Waals surface area contributed by atoms with Crippen molar-refractivity contribution in [3.8, 4) is 0 Å². The number of hydrogen-bond donors (Lipinski definition) is 0. The molecule has 0 aromatic rings. The summed E-state index contributed by atoms with van der Waals surface area (Å²) in [5, 5.41) is 0. The van der Waals surface area contributed by atoms with Crippen molar-refractivity contribution >= 4 is 11.6 Å². The third-order valence-electron chi connectivity index (χ3n) is 3.35. The number of epoxide rings is 1. The van der Waals surface area contributed by atoms with Gasteiger partial charge in [-0.15, -0.1) is 11.6 Å². The summed E-state index contributed by atoms with van der Waals surface area (Å²) in [6.45, 7) is 0.998. The first-order chi connectivity index (χ1) is 5.85. The average molecular weight is 189 g/mol. The largest absolute Gasteiger partial charge is 0.373 e. The van der Waals surface area contributed by atoms with Crippen molar-refractivity contribution in [2.75, 3.05) is 12.5 Å². The van der Waals surface area contributed by atoms with Gasteiger partial charge in [0.15, 0.2) is 0 Å². The van der Waals surface area contributed by atoms with Gasteiger partial charge in [-0.05, 0) is 31.1 Å². The van der Waals surface area contributed by atoms with Crippen molar-refractivity contribution < 1.29 is 4.74 Å². The molecule has 1 atom stereocenters. The maximum Gasteiger partial charge on any atom is 0.0810 e. The summed E-state index contributed by atoms with van der Waals surface area (Å²) < 4.78 is 5.21. The van der Waals surface area contributed by atoms with Crippen molar-refractivity contribution in [3.05, 3.63) is 0 Å². The maximum absolute atomic E-state index is 6.03. The molecular weight excluding hydrogens is 172 g/mol. The van der Waals surface area contributed by atoms with Crippen LogP contribution in [0.2, 0.25) is 0 Å². The van der Waals surface area contributed by atoms with Crippen LogP contribution in [0, 0.1) is 5.41 Å². The Morgan fingerprint density at radius 2 is 2.00 bits per heavy atom. The zero-order valence-corrected chi connectivity index (χ0v) is 8.28. The highest BCUT2D eigenvalue weighted by atomic mass is 35.5. The number of hydrogen-bond acceptors (Lipinski definition) is 1. The van der Waals surface area contributed by atoms with E-state index in [-0.39, 0.29) is 0 Å². The molecule has 1 heterocycles. The van der Waals surface area contributed by atoms with E-state index in [4.69, 9.17) is 16.3 Å². The zero-order valence-electron chi connectivity index (χ0n) is 7.52. The summed E-state index contributed by atoms with van der Waals surface area (Å²) in [5.74, 6) is 0.861. The minimum absolute atomic E-state index is 0.494. The van der Waals surface area contributed by atoms with E-state index in [1.54, 1.807) is 0 Å². The summed E-state index contributed by atoms with van der Waals surface area (Å²) >= 11 is 6.03. The minimum atomic E-state index is 0.494. The number of halogens is 1. The van der Waals surface area contributed by atoms with Crippen molar-refractivity contribution in [2.24, 2.45) is 5.41 Å². The van der Waals surface area contributed by atoms with Crippen molar-refractivity contribution in [1.82, 2.24) is 0 Å². The molecule has 70 valence electrons. The molecule has 0 N–H and O–H groups in total. The molecule has 2 aliphatic rings. The number of rotatable bonds is 4. The smallest absolute Gasteiger partial charge is 0.0810 e. The van der Waals surface area contributed by atoms with Crippen LogP contribution in [0.1, 0.15) is 38.5 Å². The Morgan fingerprint density at radius 3 is 2.50 bits per heavy atom. The SMILES string of the molecule is ClCC1(CCC2CO2)CCCC1. The second kappa shape index (κ2) is 3.55. The predicted octanol–water partition coefficient (Wildman–Crippen LogP) is 2.96. The fraction of sp³-hybridized carbons (Fsp3) is 1.00. The van der Waals surface area contributed by atoms with E-state index in [1.807, 2.05) is 0 Å². The molecule has 1 nitrogen and oxygen atoms in total. The molecule has 0 amide bonds. The molecule has 2 heteroatoms. The Balaban J connectivity index is 1.79. The first-order valence-electron chi connectivity index (χ1n) is 5.02. The van der Waals surface area contributed by atoms with Gasteiger partial charge in [0.2, 0.25) is 0 Å². The Bertz CT molecular complexity index is 148. The molecule has 0 spiro atoms. The van der Waals surface area contributed by atoms with Crippen LogP contribution < -0.4 is 0 Å². The highest BCUT2D eigenvalue weighted by Gasteiger charge is 2.35. The molecule has 2 fully saturated rings. The third kappa shape index (κ3) is 1.94. The molecule has 1 unspecified atom stereocenters. The molecular formula is C10H17ClO. The lowest BCUT2D eigenvalue weighted by Crippen LogP contribution is -2.19. The van der Waals surface area contributed by atoms with Crippen LogP contribution in [-0.2, 0) is 4.74 Å². The van der Waals surface area contributed by atoms with E-state index in [0.717, 1.165) is 12.5 Å². The van der Waals surface area contributed by atoms with Crippen LogP contribution in [-0.4, -0.2) is 18.6 Å². The summed E-state index contributed by atoms with van der Waals surface area (Å²) in [5.41, 5.74) is 0.494. The van der Waals surface area contributed by atoms with Crippen LogP contribution >= 0.6 is 11.6 Å². The van der Waals surface area contributed by atoms with E-state index < -0.39 is 0 Å². The molecule has 0 aromatic heterocycles. The summed E-state index contributed by atoms with van der Waals surface area (Å²) in [7, 11) is 0. The normalized spacial score (nSPS) is 32.2. The van der Waals surface area contributed by atoms with Crippen LogP contribution in [0.25, 0.3) is 0 Å². The molecule has 0 aromatic carbocycles. The summed E-state index contributed by atoms with van der Waals surface area (Å²) in [4.78, 5) is 0. The molecule has 0 radical (unpaired) electrons. The van der Waals surface area contributed by atoms with Crippen molar-refractivity contribution in [3.63, 3.8) is 0 Å².